The van der Waals surface area contributed by atoms with Crippen LogP contribution in [0.5, 0.6) is 0 Å². The molecular formula is C33H44I6N6O15. The number of benzene rings is 2. The van der Waals surface area contributed by atoms with Crippen molar-refractivity contribution in [2.45, 2.75) is 55.8 Å². The second kappa shape index (κ2) is 27.0. The molecule has 2 rings (SSSR count). The molecule has 2 aromatic carbocycles. The molecule has 0 saturated heterocycles. The van der Waals surface area contributed by atoms with Crippen molar-refractivity contribution in [3.63, 3.8) is 0 Å². The maximum absolute atomic E-state index is 15.0. The molecule has 15 N–H and O–H groups in total. The normalized spacial score (nSPS) is 15.6. The van der Waals surface area contributed by atoms with Gasteiger partial charge >= 0.3 is 0 Å². The van der Waals surface area contributed by atoms with E-state index in [1.165, 1.54) is 19.1 Å². The Balaban J connectivity index is 2.97. The summed E-state index contributed by atoms with van der Waals surface area (Å²) in [5.74, 6) is -3.55. The van der Waals surface area contributed by atoms with Crippen molar-refractivity contribution in [3.8, 4) is 0 Å². The minimum absolute atomic E-state index is 0.0260. The van der Waals surface area contributed by atoms with Gasteiger partial charge < -0.3 is 66.8 Å². The number of amides is 4. The first-order chi connectivity index (χ1) is 28.1. The third-order valence-electron chi connectivity index (χ3n) is 8.24. The molecule has 0 heterocycles. The van der Waals surface area contributed by atoms with Gasteiger partial charge in [0.25, 0.3) is 23.6 Å². The maximum atomic E-state index is 15.0. The van der Waals surface area contributed by atoms with Gasteiger partial charge in [-0.1, -0.05) is 0 Å². The number of hydrazine groups is 2. The lowest BCUT2D eigenvalue weighted by Crippen LogP contribution is -2.67. The number of halogens is 6. The Labute approximate surface area is 425 Å². The Bertz CT molecular complexity index is 1700. The van der Waals surface area contributed by atoms with Crippen LogP contribution in [0, 0.1) is 21.4 Å². The summed E-state index contributed by atoms with van der Waals surface area (Å²) in [6.45, 7) is -4.00. The minimum atomic E-state index is -1.91. The molecule has 4 amide bonds. The fourth-order valence-corrected chi connectivity index (χ4v) is 13.6. The molecule has 0 fully saturated rings. The zero-order valence-electron chi connectivity index (χ0n) is 31.1. The summed E-state index contributed by atoms with van der Waals surface area (Å²) >= 11 is 10.8. The van der Waals surface area contributed by atoms with Crippen molar-refractivity contribution in [3.05, 3.63) is 55.8 Å². The highest BCUT2D eigenvalue weighted by Gasteiger charge is 2.41. The van der Waals surface area contributed by atoms with Gasteiger partial charge in [-0.05, 0) is 155 Å². The van der Waals surface area contributed by atoms with Crippen molar-refractivity contribution in [2.75, 3.05) is 52.6 Å². The molecule has 60 heavy (non-hydrogen) atoms. The first-order valence-corrected chi connectivity index (χ1v) is 23.8. The molecule has 0 aromatic heterocycles. The van der Waals surface area contributed by atoms with Crippen molar-refractivity contribution in [1.29, 1.82) is 0 Å². The van der Waals surface area contributed by atoms with E-state index in [1.54, 1.807) is 45.2 Å². The number of hydrogen-bond acceptors (Lipinski definition) is 17. The molecule has 21 nitrogen and oxygen atoms in total. The summed E-state index contributed by atoms with van der Waals surface area (Å²) in [6, 6.07) is 2.95. The lowest BCUT2D eigenvalue weighted by molar-refractivity contribution is -0.0767. The van der Waals surface area contributed by atoms with Crippen molar-refractivity contribution >= 4 is 159 Å². The Morgan fingerprint density at radius 3 is 1.12 bits per heavy atom. The van der Waals surface area contributed by atoms with Crippen LogP contribution in [-0.4, -0.2) is 191 Å². The van der Waals surface area contributed by atoms with Gasteiger partial charge in [0.15, 0.2) is 6.17 Å². The van der Waals surface area contributed by atoms with Crippen LogP contribution in [0.4, 0.5) is 0 Å². The quantitative estimate of drug-likeness (QED) is 0.0304. The van der Waals surface area contributed by atoms with E-state index in [9.17, 15) is 75.3 Å². The third kappa shape index (κ3) is 15.1. The van der Waals surface area contributed by atoms with Crippen LogP contribution in [0.1, 0.15) is 48.4 Å². The van der Waals surface area contributed by atoms with Gasteiger partial charge in [0.05, 0.1) is 79.2 Å². The molecule has 2 aromatic rings. The molecule has 0 bridgehead atoms. The van der Waals surface area contributed by atoms with Gasteiger partial charge in [0.1, 0.15) is 12.2 Å². The first kappa shape index (κ1) is 56.3. The van der Waals surface area contributed by atoms with Gasteiger partial charge in [0.2, 0.25) is 0 Å². The number of nitrogens with zero attached hydrogens (tertiary/aromatic N) is 2. The van der Waals surface area contributed by atoms with E-state index in [4.69, 9.17) is 0 Å². The van der Waals surface area contributed by atoms with Gasteiger partial charge in [0, 0.05) is 47.6 Å². The van der Waals surface area contributed by atoms with Gasteiger partial charge in [-0.3, -0.25) is 19.2 Å². The van der Waals surface area contributed by atoms with Crippen LogP contribution in [-0.2, 0) is 0 Å². The SMILES string of the molecule is CC(O)C(N(NCC(O)C(O)CO)C(=O)c1c(I)cc(I)c(C(=O)NCC(O)CO)c1I)N(NCC(O)C(O)CO)C(=O)c1c(I)cc(I)c(C(=O)NCC(O)CO)c1I. The van der Waals surface area contributed by atoms with E-state index >= 15 is 0 Å². The predicted octanol–water partition coefficient (Wildman–Crippen LogP) is -2.79. The van der Waals surface area contributed by atoms with E-state index in [1.807, 2.05) is 90.4 Å². The summed E-state index contributed by atoms with van der Waals surface area (Å²) in [4.78, 5) is 56.8. The van der Waals surface area contributed by atoms with E-state index in [0.29, 0.717) is 17.2 Å². The molecule has 0 saturated carbocycles. The van der Waals surface area contributed by atoms with Crippen LogP contribution < -0.4 is 21.5 Å². The number of aliphatic hydroxyl groups is 11. The predicted molar refractivity (Wildman–Crippen MR) is 262 cm³/mol. The highest BCUT2D eigenvalue weighted by Crippen LogP contribution is 2.32. The number of carbonyl (C=O) groups excluding carboxylic acids is 4. The van der Waals surface area contributed by atoms with Gasteiger partial charge in [-0.15, -0.1) is 0 Å². The third-order valence-corrected chi connectivity index (χ3v) is 13.8. The van der Waals surface area contributed by atoms with E-state index in [-0.39, 0.29) is 49.6 Å². The highest BCUT2D eigenvalue weighted by molar-refractivity contribution is 14.1. The number of carbonyl (C=O) groups is 4. The molecular weight excluding hydrogens is 1480 g/mol. The maximum Gasteiger partial charge on any atom is 0.272 e. The van der Waals surface area contributed by atoms with Gasteiger partial charge in [-0.2, -0.15) is 0 Å². The minimum Gasteiger partial charge on any atom is -0.394 e. The fourth-order valence-electron chi connectivity index (χ4n) is 4.97. The van der Waals surface area contributed by atoms with Crippen LogP contribution >= 0.6 is 136 Å². The molecule has 0 aliphatic carbocycles. The van der Waals surface area contributed by atoms with E-state index in [0.717, 1.165) is 0 Å². The van der Waals surface area contributed by atoms with E-state index < -0.39 is 112 Å². The zero-order valence-corrected chi connectivity index (χ0v) is 44.1. The smallest absolute Gasteiger partial charge is 0.272 e. The topological polar surface area (TPSA) is 345 Å². The standard InChI is InChI=1S/C33H44I6N6O15/c1-12(50)31(44(42-6-19(53)21(55)10-48)32(59)25-17(36)2-15(34)23(27(25)38)29(57)40-4-13(51)8-46)45(43-7-20(54)22(56)11-49)33(60)26-18(37)3-16(35)24(28(26)39)30(58)41-5-14(52)9-47/h2-3,12-14,19-22,31,42-43,46-56H,4-11H2,1H3,(H,40,57)(H,41,58). The number of hydrogen-bond donors (Lipinski definition) is 15. The number of nitrogens with one attached hydrogen (secondary N) is 4. The Morgan fingerprint density at radius 2 is 0.833 bits per heavy atom. The van der Waals surface area contributed by atoms with Crippen LogP contribution in [0.15, 0.2) is 12.1 Å². The molecule has 0 spiro atoms. The summed E-state index contributed by atoms with van der Waals surface area (Å²) in [7, 11) is 0. The van der Waals surface area contributed by atoms with Crippen molar-refractivity contribution in [1.82, 2.24) is 31.5 Å². The second-order valence-corrected chi connectivity index (χ2v) is 19.6. The monoisotopic (exact) mass is 1530 g/mol. The summed E-state index contributed by atoms with van der Waals surface area (Å²) in [6.07, 6.45) is -13.2. The fraction of sp³-hybridized carbons (Fsp3) is 0.515. The van der Waals surface area contributed by atoms with Crippen molar-refractivity contribution < 1.29 is 75.3 Å². The molecule has 0 radical (unpaired) electrons. The lowest BCUT2D eigenvalue weighted by Gasteiger charge is -2.42. The van der Waals surface area contributed by atoms with E-state index in [2.05, 4.69) is 21.5 Å². The van der Waals surface area contributed by atoms with Crippen LogP contribution in [0.25, 0.3) is 0 Å². The van der Waals surface area contributed by atoms with Crippen LogP contribution in [0.3, 0.4) is 0 Å². The Morgan fingerprint density at radius 1 is 0.517 bits per heavy atom. The van der Waals surface area contributed by atoms with Crippen LogP contribution in [0.2, 0.25) is 0 Å². The molecule has 0 aliphatic rings. The Kier molecular flexibility index (Phi) is 25.3. The number of rotatable bonds is 23. The van der Waals surface area contributed by atoms with Gasteiger partial charge in [-0.25, -0.2) is 20.9 Å². The zero-order chi connectivity index (χ0) is 45.8. The summed E-state index contributed by atoms with van der Waals surface area (Å²) in [5.41, 5.74) is 4.84. The molecule has 338 valence electrons. The number of aliphatic hydroxyl groups excluding tert-OH is 11. The highest BCUT2D eigenvalue weighted by atomic mass is 127. The molecule has 0 aliphatic heterocycles. The largest absolute Gasteiger partial charge is 0.394 e. The summed E-state index contributed by atoms with van der Waals surface area (Å²) in [5, 5.41) is 117. The average Bonchev–Trinajstić information content (AvgIpc) is 3.19. The second-order valence-electron chi connectivity index (χ2n) is 12.8. The average molecular weight is 1530 g/mol. The summed E-state index contributed by atoms with van der Waals surface area (Å²) < 4.78 is 1.33. The molecule has 7 unspecified atom stereocenters. The van der Waals surface area contributed by atoms with Crippen molar-refractivity contribution in [2.24, 2.45) is 0 Å². The first-order valence-electron chi connectivity index (χ1n) is 17.3. The molecule has 27 heteroatoms. The Hall–Kier alpha value is 0.180. The molecule has 7 atom stereocenters. The lowest BCUT2D eigenvalue weighted by atomic mass is 10.1.